The Balaban J connectivity index is 1.44. The van der Waals surface area contributed by atoms with Gasteiger partial charge in [0.1, 0.15) is 5.75 Å². The molecule has 0 radical (unpaired) electrons. The highest BCUT2D eigenvalue weighted by Gasteiger charge is 2.47. The summed E-state index contributed by atoms with van der Waals surface area (Å²) in [7, 11) is 1.62. The van der Waals surface area contributed by atoms with E-state index in [-0.39, 0.29) is 22.6 Å². The molecule has 0 N–H and O–H groups in total. The summed E-state index contributed by atoms with van der Waals surface area (Å²) in [6, 6.07) is 17.4. The Bertz CT molecular complexity index is 908. The number of methoxy groups -OCH3 is 1. The second-order valence-corrected chi connectivity index (χ2v) is 9.63. The average Bonchev–Trinajstić information content (AvgIpc) is 3.23. The highest BCUT2D eigenvalue weighted by Crippen LogP contribution is 2.45. The zero-order valence-electron chi connectivity index (χ0n) is 18.3. The van der Waals surface area contributed by atoms with E-state index in [9.17, 15) is 9.59 Å². The fourth-order valence-electron chi connectivity index (χ4n) is 4.73. The van der Waals surface area contributed by atoms with Gasteiger partial charge in [0.2, 0.25) is 5.91 Å². The molecule has 2 fully saturated rings. The number of piperidine rings is 1. The average molecular weight is 439 g/mol. The molecule has 2 heterocycles. The van der Waals surface area contributed by atoms with Crippen molar-refractivity contribution in [3.63, 3.8) is 0 Å². The number of carbonyl (C=O) groups is 2. The first-order valence-electron chi connectivity index (χ1n) is 11.0. The number of hydrogen-bond acceptors (Lipinski definition) is 4. The van der Waals surface area contributed by atoms with E-state index in [4.69, 9.17) is 4.74 Å². The third-order valence-corrected chi connectivity index (χ3v) is 8.08. The van der Waals surface area contributed by atoms with Crippen molar-refractivity contribution in [3.05, 3.63) is 65.7 Å². The van der Waals surface area contributed by atoms with E-state index in [1.807, 2.05) is 76.2 Å². The van der Waals surface area contributed by atoms with Crippen molar-refractivity contribution in [3.8, 4) is 5.75 Å². The Morgan fingerprint density at radius 3 is 2.32 bits per heavy atom. The molecule has 1 unspecified atom stereocenters. The van der Waals surface area contributed by atoms with Gasteiger partial charge in [-0.15, -0.1) is 11.8 Å². The first kappa shape index (κ1) is 21.8. The molecule has 0 aromatic heterocycles. The summed E-state index contributed by atoms with van der Waals surface area (Å²) < 4.78 is 5.21. The number of thioether (sulfide) groups is 1. The summed E-state index contributed by atoms with van der Waals surface area (Å²) in [5, 5.41) is 0. The van der Waals surface area contributed by atoms with Crippen LogP contribution in [0.5, 0.6) is 5.75 Å². The fraction of sp³-hybridized carbons (Fsp3) is 0.440. The fourth-order valence-corrected chi connectivity index (χ4v) is 6.19. The highest BCUT2D eigenvalue weighted by molar-refractivity contribution is 8.00. The van der Waals surface area contributed by atoms with Crippen LogP contribution in [0.15, 0.2) is 54.6 Å². The number of carbonyl (C=O) groups excluding carboxylic acids is 2. The summed E-state index contributed by atoms with van der Waals surface area (Å²) in [5.41, 5.74) is 1.78. The lowest BCUT2D eigenvalue weighted by Crippen LogP contribution is -2.54. The standard InChI is InChI=1S/C25H30N2O3S/c1-3-22(19-7-5-4-6-8-19)24(29)26-15-13-25(14-16-26)27(17-18-31-25)23(28)20-9-11-21(30-2)12-10-20/h4-12,22H,3,13-18H2,1-2H3. The largest absolute Gasteiger partial charge is 0.497 e. The maximum Gasteiger partial charge on any atom is 0.255 e. The first-order valence-corrected chi connectivity index (χ1v) is 12.0. The second-order valence-electron chi connectivity index (χ2n) is 8.18. The SMILES string of the molecule is CCC(C(=O)N1CCC2(CC1)SCCN2C(=O)c1ccc(OC)cc1)c1ccccc1. The van der Waals surface area contributed by atoms with E-state index in [2.05, 4.69) is 6.92 Å². The number of benzene rings is 2. The quantitative estimate of drug-likeness (QED) is 0.694. The van der Waals surface area contributed by atoms with E-state index in [0.717, 1.165) is 42.9 Å². The zero-order chi connectivity index (χ0) is 21.8. The molecule has 2 aliphatic rings. The zero-order valence-corrected chi connectivity index (χ0v) is 19.1. The number of amides is 2. The summed E-state index contributed by atoms with van der Waals surface area (Å²) in [6.45, 7) is 4.22. The Labute approximate surface area is 188 Å². The van der Waals surface area contributed by atoms with E-state index >= 15 is 0 Å². The van der Waals surface area contributed by atoms with Crippen LogP contribution >= 0.6 is 11.8 Å². The lowest BCUT2D eigenvalue weighted by molar-refractivity contribution is -0.134. The number of likely N-dealkylation sites (tertiary alicyclic amines) is 1. The van der Waals surface area contributed by atoms with Gasteiger partial charge >= 0.3 is 0 Å². The van der Waals surface area contributed by atoms with Gasteiger partial charge in [0.25, 0.3) is 5.91 Å². The van der Waals surface area contributed by atoms with Crippen molar-refractivity contribution in [2.24, 2.45) is 0 Å². The van der Waals surface area contributed by atoms with Crippen molar-refractivity contribution >= 4 is 23.6 Å². The van der Waals surface area contributed by atoms with Crippen LogP contribution in [-0.4, -0.2) is 59.0 Å². The van der Waals surface area contributed by atoms with Gasteiger partial charge in [-0.3, -0.25) is 9.59 Å². The minimum Gasteiger partial charge on any atom is -0.497 e. The van der Waals surface area contributed by atoms with Gasteiger partial charge in [0.05, 0.1) is 17.9 Å². The van der Waals surface area contributed by atoms with Gasteiger partial charge < -0.3 is 14.5 Å². The highest BCUT2D eigenvalue weighted by atomic mass is 32.2. The van der Waals surface area contributed by atoms with Crippen LogP contribution < -0.4 is 4.74 Å². The predicted molar refractivity (Wildman–Crippen MR) is 125 cm³/mol. The Morgan fingerprint density at radius 2 is 1.71 bits per heavy atom. The van der Waals surface area contributed by atoms with Crippen LogP contribution in [-0.2, 0) is 4.79 Å². The molecule has 1 spiro atoms. The van der Waals surface area contributed by atoms with E-state index in [1.165, 1.54) is 0 Å². The van der Waals surface area contributed by atoms with Gasteiger partial charge in [0, 0.05) is 31.0 Å². The van der Waals surface area contributed by atoms with Crippen LogP contribution in [0.3, 0.4) is 0 Å². The monoisotopic (exact) mass is 438 g/mol. The van der Waals surface area contributed by atoms with Crippen molar-refractivity contribution in [1.82, 2.24) is 9.80 Å². The molecule has 2 amide bonds. The maximum absolute atomic E-state index is 13.3. The van der Waals surface area contributed by atoms with Gasteiger partial charge in [-0.2, -0.15) is 0 Å². The summed E-state index contributed by atoms with van der Waals surface area (Å²) in [6.07, 6.45) is 2.42. The van der Waals surface area contributed by atoms with Gasteiger partial charge in [-0.1, -0.05) is 37.3 Å². The third-order valence-electron chi connectivity index (χ3n) is 6.52. The second kappa shape index (κ2) is 9.35. The number of ether oxygens (including phenoxy) is 1. The molecule has 2 aliphatic heterocycles. The minimum atomic E-state index is -0.206. The molecule has 5 nitrogen and oxygen atoms in total. The molecule has 31 heavy (non-hydrogen) atoms. The van der Waals surface area contributed by atoms with Crippen molar-refractivity contribution in [2.45, 2.75) is 37.0 Å². The predicted octanol–water partition coefficient (Wildman–Crippen LogP) is 4.40. The minimum absolute atomic E-state index is 0.0724. The molecule has 164 valence electrons. The lowest BCUT2D eigenvalue weighted by Gasteiger charge is -2.44. The number of hydrogen-bond donors (Lipinski definition) is 0. The van der Waals surface area contributed by atoms with Crippen LogP contribution in [0, 0.1) is 0 Å². The molecular formula is C25H30N2O3S. The van der Waals surface area contributed by atoms with E-state index in [0.29, 0.717) is 18.7 Å². The smallest absolute Gasteiger partial charge is 0.255 e. The molecule has 0 aliphatic carbocycles. The van der Waals surface area contributed by atoms with Crippen LogP contribution in [0.4, 0.5) is 0 Å². The normalized spacial score (nSPS) is 18.8. The Morgan fingerprint density at radius 1 is 1.03 bits per heavy atom. The number of rotatable bonds is 5. The molecule has 2 aromatic rings. The molecule has 0 saturated carbocycles. The summed E-state index contributed by atoms with van der Waals surface area (Å²) in [4.78, 5) is 30.4. The topological polar surface area (TPSA) is 49.9 Å². The lowest BCUT2D eigenvalue weighted by atomic mass is 9.93. The van der Waals surface area contributed by atoms with E-state index in [1.54, 1.807) is 7.11 Å². The van der Waals surface area contributed by atoms with Crippen molar-refractivity contribution in [2.75, 3.05) is 32.5 Å². The number of nitrogens with zero attached hydrogens (tertiary/aromatic N) is 2. The van der Waals surface area contributed by atoms with Gasteiger partial charge in [0.15, 0.2) is 0 Å². The van der Waals surface area contributed by atoms with Gasteiger partial charge in [-0.05, 0) is 49.1 Å². The van der Waals surface area contributed by atoms with E-state index < -0.39 is 0 Å². The van der Waals surface area contributed by atoms with Gasteiger partial charge in [-0.25, -0.2) is 0 Å². The third kappa shape index (κ3) is 4.31. The van der Waals surface area contributed by atoms with Crippen molar-refractivity contribution in [1.29, 1.82) is 0 Å². The first-order chi connectivity index (χ1) is 15.1. The molecule has 6 heteroatoms. The Hall–Kier alpha value is -2.47. The molecule has 2 aromatic carbocycles. The summed E-state index contributed by atoms with van der Waals surface area (Å²) >= 11 is 1.87. The van der Waals surface area contributed by atoms with Crippen molar-refractivity contribution < 1.29 is 14.3 Å². The molecule has 2 saturated heterocycles. The maximum atomic E-state index is 13.3. The van der Waals surface area contributed by atoms with Crippen LogP contribution in [0.25, 0.3) is 0 Å². The molecule has 4 rings (SSSR count). The molecule has 0 bridgehead atoms. The van der Waals surface area contributed by atoms with Crippen LogP contribution in [0.2, 0.25) is 0 Å². The van der Waals surface area contributed by atoms with Crippen LogP contribution in [0.1, 0.15) is 48.0 Å². The molecular weight excluding hydrogens is 408 g/mol. The molecule has 1 atom stereocenters. The Kier molecular flexibility index (Phi) is 6.56. The summed E-state index contributed by atoms with van der Waals surface area (Å²) in [5.74, 6) is 1.88.